The average Bonchev–Trinajstić information content (AvgIpc) is 2.90. The van der Waals surface area contributed by atoms with E-state index in [4.69, 9.17) is 5.26 Å². The van der Waals surface area contributed by atoms with E-state index in [2.05, 4.69) is 4.98 Å². The summed E-state index contributed by atoms with van der Waals surface area (Å²) in [6.45, 7) is 1.69. The van der Waals surface area contributed by atoms with Crippen LogP contribution >= 0.6 is 0 Å². The largest absolute Gasteiger partial charge is 0.361 e. The van der Waals surface area contributed by atoms with Gasteiger partial charge in [0.2, 0.25) is 0 Å². The van der Waals surface area contributed by atoms with E-state index < -0.39 is 34.5 Å². The number of nitrogens with zero attached hydrogens (tertiary/aromatic N) is 4. The van der Waals surface area contributed by atoms with Crippen molar-refractivity contribution in [3.05, 3.63) is 47.1 Å². The Hall–Kier alpha value is -2.56. The summed E-state index contributed by atoms with van der Waals surface area (Å²) in [5, 5.41) is 8.59. The molecule has 1 aromatic carbocycles. The molecule has 0 atom stereocenters. The van der Waals surface area contributed by atoms with E-state index in [0.717, 1.165) is 11.0 Å². The van der Waals surface area contributed by atoms with E-state index >= 15 is 0 Å². The van der Waals surface area contributed by atoms with Crippen molar-refractivity contribution in [3.63, 3.8) is 0 Å². The third kappa shape index (κ3) is 2.50. The van der Waals surface area contributed by atoms with Gasteiger partial charge in [0.05, 0.1) is 18.6 Å². The van der Waals surface area contributed by atoms with Crippen LogP contribution < -0.4 is 4.90 Å². The summed E-state index contributed by atoms with van der Waals surface area (Å²) in [5.41, 5.74) is -1.50. The molecule has 0 N–H and O–H groups in total. The third-order valence-electron chi connectivity index (χ3n) is 3.32. The van der Waals surface area contributed by atoms with Crippen molar-refractivity contribution in [1.29, 1.82) is 5.26 Å². The number of halogens is 4. The van der Waals surface area contributed by atoms with E-state index in [0.29, 0.717) is 5.69 Å². The molecule has 0 aliphatic heterocycles. The highest BCUT2D eigenvalue weighted by Gasteiger charge is 2.28. The van der Waals surface area contributed by atoms with Crippen LogP contribution in [0.15, 0.2) is 12.5 Å². The average molecular weight is 312 g/mol. The molecule has 0 unspecified atom stereocenters. The van der Waals surface area contributed by atoms with Crippen LogP contribution in [-0.4, -0.2) is 16.1 Å². The first kappa shape index (κ1) is 15.8. The number of aromatic nitrogens is 2. The number of nitriles is 1. The molecule has 0 saturated heterocycles. The first-order valence-electron chi connectivity index (χ1n) is 6.38. The molecular weight excluding hydrogens is 300 g/mol. The van der Waals surface area contributed by atoms with Gasteiger partial charge in [-0.15, -0.1) is 0 Å². The number of hydrogen-bond acceptors (Lipinski definition) is 3. The van der Waals surface area contributed by atoms with Crippen LogP contribution in [0.5, 0.6) is 0 Å². The predicted octanol–water partition coefficient (Wildman–Crippen LogP) is 2.87. The summed E-state index contributed by atoms with van der Waals surface area (Å²) in [4.78, 5) is 5.00. The van der Waals surface area contributed by atoms with Gasteiger partial charge in [-0.1, -0.05) is 0 Å². The van der Waals surface area contributed by atoms with Gasteiger partial charge in [0, 0.05) is 19.8 Å². The van der Waals surface area contributed by atoms with Crippen molar-refractivity contribution in [2.75, 3.05) is 11.4 Å². The van der Waals surface area contributed by atoms with Crippen LogP contribution in [0, 0.1) is 34.6 Å². The van der Waals surface area contributed by atoms with E-state index in [1.807, 2.05) is 0 Å². The highest BCUT2D eigenvalue weighted by Crippen LogP contribution is 2.31. The molecule has 0 aliphatic rings. The molecule has 0 spiro atoms. The molecular formula is C14H12F4N4. The molecule has 0 saturated carbocycles. The number of aryl methyl sites for hydroxylation is 1. The van der Waals surface area contributed by atoms with Crippen molar-refractivity contribution in [1.82, 2.24) is 9.55 Å². The second-order valence-electron chi connectivity index (χ2n) is 4.60. The standard InChI is InChI=1S/C14H12F4N4/c1-3-22(6-8-5-20-7-21(8)2)14-12(17)10(15)9(4-19)11(16)13(14)18/h5,7H,3,6H2,1-2H3. The summed E-state index contributed by atoms with van der Waals surface area (Å²) in [7, 11) is 1.68. The van der Waals surface area contributed by atoms with Gasteiger partial charge < -0.3 is 9.47 Å². The van der Waals surface area contributed by atoms with Crippen LogP contribution in [0.25, 0.3) is 0 Å². The molecule has 4 nitrogen and oxygen atoms in total. The van der Waals surface area contributed by atoms with Gasteiger partial charge in [0.25, 0.3) is 0 Å². The van der Waals surface area contributed by atoms with Gasteiger partial charge >= 0.3 is 0 Å². The Morgan fingerprint density at radius 3 is 2.18 bits per heavy atom. The van der Waals surface area contributed by atoms with Gasteiger partial charge in [-0.3, -0.25) is 0 Å². The van der Waals surface area contributed by atoms with Crippen LogP contribution in [0.3, 0.4) is 0 Å². The number of benzene rings is 1. The summed E-state index contributed by atoms with van der Waals surface area (Å²) < 4.78 is 57.2. The maximum absolute atomic E-state index is 14.1. The summed E-state index contributed by atoms with van der Waals surface area (Å²) in [6.07, 6.45) is 2.98. The summed E-state index contributed by atoms with van der Waals surface area (Å²) >= 11 is 0. The molecule has 0 amide bonds. The van der Waals surface area contributed by atoms with Crippen molar-refractivity contribution in [3.8, 4) is 6.07 Å². The minimum absolute atomic E-state index is 0.00558. The molecule has 0 bridgehead atoms. The minimum atomic E-state index is -1.69. The zero-order valence-electron chi connectivity index (χ0n) is 11.9. The van der Waals surface area contributed by atoms with E-state index in [1.165, 1.54) is 12.5 Å². The normalized spacial score (nSPS) is 10.6. The van der Waals surface area contributed by atoms with Gasteiger partial charge in [-0.2, -0.15) is 5.26 Å². The molecule has 22 heavy (non-hydrogen) atoms. The SMILES string of the molecule is CCN(Cc1cncn1C)c1c(F)c(F)c(C#N)c(F)c1F. The molecule has 8 heteroatoms. The fourth-order valence-electron chi connectivity index (χ4n) is 2.08. The molecule has 0 aliphatic carbocycles. The number of hydrogen-bond donors (Lipinski definition) is 0. The van der Waals surface area contributed by atoms with E-state index in [9.17, 15) is 17.6 Å². The predicted molar refractivity (Wildman–Crippen MR) is 70.9 cm³/mol. The molecule has 1 aromatic heterocycles. The maximum atomic E-state index is 14.1. The lowest BCUT2D eigenvalue weighted by molar-refractivity contribution is 0.447. The summed E-state index contributed by atoms with van der Waals surface area (Å²) in [6, 6.07) is 1.12. The number of rotatable bonds is 4. The molecule has 0 radical (unpaired) electrons. The minimum Gasteiger partial charge on any atom is -0.361 e. The fourth-order valence-corrected chi connectivity index (χ4v) is 2.08. The van der Waals surface area contributed by atoms with Gasteiger partial charge in [0.15, 0.2) is 23.3 Å². The lowest BCUT2D eigenvalue weighted by Crippen LogP contribution is -2.26. The second kappa shape index (κ2) is 6.05. The molecule has 116 valence electrons. The quantitative estimate of drug-likeness (QED) is 0.644. The fraction of sp³-hybridized carbons (Fsp3) is 0.286. The van der Waals surface area contributed by atoms with Gasteiger partial charge in [-0.25, -0.2) is 22.5 Å². The maximum Gasteiger partial charge on any atom is 0.186 e. The topological polar surface area (TPSA) is 44.9 Å². The van der Waals surface area contributed by atoms with E-state index in [-0.39, 0.29) is 13.1 Å². The van der Waals surface area contributed by atoms with Crippen molar-refractivity contribution >= 4 is 5.69 Å². The molecule has 2 rings (SSSR count). The van der Waals surface area contributed by atoms with Crippen molar-refractivity contribution in [2.45, 2.75) is 13.5 Å². The number of anilines is 1. The Morgan fingerprint density at radius 1 is 1.18 bits per heavy atom. The highest BCUT2D eigenvalue weighted by molar-refractivity contribution is 5.54. The Morgan fingerprint density at radius 2 is 1.77 bits per heavy atom. The Kier molecular flexibility index (Phi) is 4.35. The number of imidazole rings is 1. The Labute approximate surface area is 124 Å². The molecule has 2 aromatic rings. The second-order valence-corrected chi connectivity index (χ2v) is 4.60. The zero-order chi connectivity index (χ0) is 16.4. The smallest absolute Gasteiger partial charge is 0.186 e. The van der Waals surface area contributed by atoms with Crippen LogP contribution in [0.1, 0.15) is 18.2 Å². The first-order chi connectivity index (χ1) is 10.4. The van der Waals surface area contributed by atoms with Crippen molar-refractivity contribution < 1.29 is 17.6 Å². The Balaban J connectivity index is 2.55. The lowest BCUT2D eigenvalue weighted by Gasteiger charge is -2.24. The first-order valence-corrected chi connectivity index (χ1v) is 6.38. The van der Waals surface area contributed by atoms with Crippen LogP contribution in [0.2, 0.25) is 0 Å². The van der Waals surface area contributed by atoms with Crippen LogP contribution in [0.4, 0.5) is 23.2 Å². The lowest BCUT2D eigenvalue weighted by atomic mass is 10.1. The monoisotopic (exact) mass is 312 g/mol. The highest BCUT2D eigenvalue weighted by atomic mass is 19.2. The zero-order valence-corrected chi connectivity index (χ0v) is 11.9. The third-order valence-corrected chi connectivity index (χ3v) is 3.32. The van der Waals surface area contributed by atoms with E-state index in [1.54, 1.807) is 18.5 Å². The van der Waals surface area contributed by atoms with Gasteiger partial charge in [0.1, 0.15) is 17.3 Å². The molecule has 0 fully saturated rings. The summed E-state index contributed by atoms with van der Waals surface area (Å²) in [5.74, 6) is -6.56. The molecule has 1 heterocycles. The van der Waals surface area contributed by atoms with Crippen molar-refractivity contribution in [2.24, 2.45) is 7.05 Å². The van der Waals surface area contributed by atoms with Gasteiger partial charge in [-0.05, 0) is 6.92 Å². The Bertz CT molecular complexity index is 719. The van der Waals surface area contributed by atoms with Crippen LogP contribution in [-0.2, 0) is 13.6 Å².